The maximum atomic E-state index is 11.9. The summed E-state index contributed by atoms with van der Waals surface area (Å²) in [5.74, 6) is -1.01. The number of carbonyl (C=O) groups excluding carboxylic acids is 1. The number of amides is 1. The van der Waals surface area contributed by atoms with E-state index in [0.717, 1.165) is 38.4 Å². The molecule has 1 amide bonds. The van der Waals surface area contributed by atoms with Gasteiger partial charge in [0.05, 0.1) is 0 Å². The Kier molecular flexibility index (Phi) is 3.94. The van der Waals surface area contributed by atoms with Gasteiger partial charge in [-0.15, -0.1) is 0 Å². The van der Waals surface area contributed by atoms with Gasteiger partial charge in [-0.05, 0) is 31.4 Å². The summed E-state index contributed by atoms with van der Waals surface area (Å²) in [5.41, 5.74) is 0.292. The van der Waals surface area contributed by atoms with E-state index in [2.05, 4.69) is 0 Å². The van der Waals surface area contributed by atoms with E-state index in [-0.39, 0.29) is 17.4 Å². The van der Waals surface area contributed by atoms with Gasteiger partial charge in [0, 0.05) is 30.8 Å². The molecular weight excluding hydrogens is 246 g/mol. The predicted octanol–water partition coefficient (Wildman–Crippen LogP) is 1.83. The number of nitrogens with zero attached hydrogens (tertiary/aromatic N) is 1. The molecule has 1 aliphatic rings. The molecule has 1 aromatic rings. The van der Waals surface area contributed by atoms with Gasteiger partial charge in [0.2, 0.25) is 5.91 Å². The monoisotopic (exact) mass is 263 g/mol. The Bertz CT molecular complexity index is 504. The Labute approximate surface area is 111 Å². The van der Waals surface area contributed by atoms with Crippen LogP contribution in [-0.2, 0) is 4.79 Å². The highest BCUT2D eigenvalue weighted by Crippen LogP contribution is 2.32. The molecule has 19 heavy (non-hydrogen) atoms. The highest BCUT2D eigenvalue weighted by atomic mass is 16.3. The third kappa shape index (κ3) is 3.19. The molecule has 0 spiro atoms. The number of piperidine rings is 1. The minimum Gasteiger partial charge on any atom is -0.507 e. The normalized spacial score (nSPS) is 15.9. The van der Waals surface area contributed by atoms with Gasteiger partial charge in [0.1, 0.15) is 5.75 Å². The van der Waals surface area contributed by atoms with Crippen LogP contribution in [0.1, 0.15) is 24.8 Å². The number of phenolic OH excluding ortho intramolecular Hbond substituents is 3. The first-order chi connectivity index (χ1) is 9.08. The molecule has 2 rings (SSSR count). The van der Waals surface area contributed by atoms with Crippen LogP contribution >= 0.6 is 0 Å². The second kappa shape index (κ2) is 5.65. The Morgan fingerprint density at radius 2 is 1.63 bits per heavy atom. The van der Waals surface area contributed by atoms with Crippen molar-refractivity contribution < 1.29 is 20.1 Å². The SMILES string of the molecule is O=C(/C=C/c1cc(O)c(O)cc1O)N1CCCCC1. The average Bonchev–Trinajstić information content (AvgIpc) is 2.42. The maximum Gasteiger partial charge on any atom is 0.246 e. The molecule has 0 unspecified atom stereocenters. The van der Waals surface area contributed by atoms with Crippen molar-refractivity contribution in [1.29, 1.82) is 0 Å². The molecule has 5 nitrogen and oxygen atoms in total. The summed E-state index contributed by atoms with van der Waals surface area (Å²) in [4.78, 5) is 13.6. The molecule has 1 aliphatic heterocycles. The highest BCUT2D eigenvalue weighted by molar-refractivity contribution is 5.92. The van der Waals surface area contributed by atoms with Gasteiger partial charge in [-0.25, -0.2) is 0 Å². The Morgan fingerprint density at radius 3 is 2.32 bits per heavy atom. The zero-order valence-electron chi connectivity index (χ0n) is 10.5. The lowest BCUT2D eigenvalue weighted by molar-refractivity contribution is -0.126. The van der Waals surface area contributed by atoms with Crippen molar-refractivity contribution in [2.24, 2.45) is 0 Å². The van der Waals surface area contributed by atoms with Crippen molar-refractivity contribution in [2.45, 2.75) is 19.3 Å². The summed E-state index contributed by atoms with van der Waals surface area (Å²) < 4.78 is 0. The van der Waals surface area contributed by atoms with Crippen molar-refractivity contribution in [1.82, 2.24) is 4.90 Å². The van der Waals surface area contributed by atoms with E-state index in [4.69, 9.17) is 0 Å². The van der Waals surface area contributed by atoms with Gasteiger partial charge in [0.15, 0.2) is 11.5 Å². The van der Waals surface area contributed by atoms with Crippen molar-refractivity contribution >= 4 is 12.0 Å². The number of benzene rings is 1. The molecule has 1 aromatic carbocycles. The Balaban J connectivity index is 2.09. The largest absolute Gasteiger partial charge is 0.507 e. The Hall–Kier alpha value is -2.17. The minimum atomic E-state index is -0.392. The first-order valence-electron chi connectivity index (χ1n) is 6.30. The van der Waals surface area contributed by atoms with Crippen LogP contribution in [0.3, 0.4) is 0 Å². The number of phenols is 3. The van der Waals surface area contributed by atoms with Crippen LogP contribution in [0.15, 0.2) is 18.2 Å². The van der Waals surface area contributed by atoms with E-state index in [0.29, 0.717) is 5.56 Å². The average molecular weight is 263 g/mol. The molecule has 0 aliphatic carbocycles. The van der Waals surface area contributed by atoms with E-state index in [1.807, 2.05) is 0 Å². The van der Waals surface area contributed by atoms with E-state index < -0.39 is 5.75 Å². The molecule has 3 N–H and O–H groups in total. The minimum absolute atomic E-state index is 0.105. The molecule has 1 heterocycles. The lowest BCUT2D eigenvalue weighted by atomic mass is 10.1. The van der Waals surface area contributed by atoms with Crippen LogP contribution in [0.4, 0.5) is 0 Å². The third-order valence-corrected chi connectivity index (χ3v) is 3.20. The number of hydrogen-bond donors (Lipinski definition) is 3. The second-order valence-electron chi connectivity index (χ2n) is 4.62. The standard InChI is InChI=1S/C14H17NO4/c16-11-9-13(18)12(17)8-10(11)4-5-14(19)15-6-2-1-3-7-15/h4-5,8-9,16-18H,1-3,6-7H2/b5-4+. The van der Waals surface area contributed by atoms with Gasteiger partial charge in [-0.3, -0.25) is 4.79 Å². The molecular formula is C14H17NO4. The fourth-order valence-corrected chi connectivity index (χ4v) is 2.10. The van der Waals surface area contributed by atoms with Crippen LogP contribution < -0.4 is 0 Å². The molecule has 0 atom stereocenters. The first kappa shape index (κ1) is 13.3. The number of rotatable bonds is 2. The number of hydrogen-bond acceptors (Lipinski definition) is 4. The predicted molar refractivity (Wildman–Crippen MR) is 70.9 cm³/mol. The fourth-order valence-electron chi connectivity index (χ4n) is 2.10. The zero-order valence-corrected chi connectivity index (χ0v) is 10.5. The van der Waals surface area contributed by atoms with Gasteiger partial charge < -0.3 is 20.2 Å². The second-order valence-corrected chi connectivity index (χ2v) is 4.62. The molecule has 1 saturated heterocycles. The van der Waals surface area contributed by atoms with Crippen molar-refractivity contribution in [3.8, 4) is 17.2 Å². The van der Waals surface area contributed by atoms with E-state index >= 15 is 0 Å². The molecule has 102 valence electrons. The molecule has 1 fully saturated rings. The summed E-state index contributed by atoms with van der Waals surface area (Å²) in [6.07, 6.45) is 6.00. The summed E-state index contributed by atoms with van der Waals surface area (Å²) in [6, 6.07) is 2.25. The number of likely N-dealkylation sites (tertiary alicyclic amines) is 1. The van der Waals surface area contributed by atoms with Crippen LogP contribution in [0.25, 0.3) is 6.08 Å². The maximum absolute atomic E-state index is 11.9. The van der Waals surface area contributed by atoms with Gasteiger partial charge in [-0.1, -0.05) is 0 Å². The number of carbonyl (C=O) groups is 1. The van der Waals surface area contributed by atoms with Crippen molar-refractivity contribution in [3.05, 3.63) is 23.8 Å². The van der Waals surface area contributed by atoms with Crippen LogP contribution in [-0.4, -0.2) is 39.2 Å². The summed E-state index contributed by atoms with van der Waals surface area (Å²) >= 11 is 0. The van der Waals surface area contributed by atoms with Gasteiger partial charge >= 0.3 is 0 Å². The topological polar surface area (TPSA) is 81.0 Å². The van der Waals surface area contributed by atoms with Crippen LogP contribution in [0.2, 0.25) is 0 Å². The van der Waals surface area contributed by atoms with Gasteiger partial charge in [-0.2, -0.15) is 0 Å². The summed E-state index contributed by atoms with van der Waals surface area (Å²) in [7, 11) is 0. The molecule has 0 saturated carbocycles. The molecule has 0 bridgehead atoms. The molecule has 0 radical (unpaired) electrons. The van der Waals surface area contributed by atoms with Crippen LogP contribution in [0.5, 0.6) is 17.2 Å². The van der Waals surface area contributed by atoms with E-state index in [9.17, 15) is 20.1 Å². The summed E-state index contributed by atoms with van der Waals surface area (Å²) in [5, 5.41) is 28.1. The first-order valence-corrected chi connectivity index (χ1v) is 6.30. The molecule has 0 aromatic heterocycles. The number of aromatic hydroxyl groups is 3. The lowest BCUT2D eigenvalue weighted by Gasteiger charge is -2.25. The van der Waals surface area contributed by atoms with Gasteiger partial charge in [0.25, 0.3) is 0 Å². The van der Waals surface area contributed by atoms with Crippen molar-refractivity contribution in [2.75, 3.05) is 13.1 Å². The van der Waals surface area contributed by atoms with E-state index in [1.54, 1.807) is 4.90 Å². The quantitative estimate of drug-likeness (QED) is 0.432. The van der Waals surface area contributed by atoms with Crippen LogP contribution in [0, 0.1) is 0 Å². The smallest absolute Gasteiger partial charge is 0.246 e. The van der Waals surface area contributed by atoms with E-state index in [1.165, 1.54) is 18.2 Å². The van der Waals surface area contributed by atoms with Crippen molar-refractivity contribution in [3.63, 3.8) is 0 Å². The summed E-state index contributed by atoms with van der Waals surface area (Å²) in [6.45, 7) is 1.52. The Morgan fingerprint density at radius 1 is 1.00 bits per heavy atom. The highest BCUT2D eigenvalue weighted by Gasteiger charge is 2.14. The zero-order chi connectivity index (χ0) is 13.8. The third-order valence-electron chi connectivity index (χ3n) is 3.20. The molecule has 5 heteroatoms. The lowest BCUT2D eigenvalue weighted by Crippen LogP contribution is -2.34. The fraction of sp³-hybridized carbons (Fsp3) is 0.357.